The van der Waals surface area contributed by atoms with Crippen molar-refractivity contribution >= 4 is 18.0 Å². The monoisotopic (exact) mass is 361 g/mol. The van der Waals surface area contributed by atoms with Gasteiger partial charge in [-0.05, 0) is 57.4 Å². The van der Waals surface area contributed by atoms with Gasteiger partial charge in [0.05, 0.1) is 19.8 Å². The lowest BCUT2D eigenvalue weighted by molar-refractivity contribution is -0.148. The van der Waals surface area contributed by atoms with E-state index in [1.165, 1.54) is 6.08 Å². The molecule has 2 rings (SSSR count). The van der Waals surface area contributed by atoms with Gasteiger partial charge in [0.1, 0.15) is 6.54 Å². The molecule has 1 aliphatic rings. The minimum Gasteiger partial charge on any atom is -0.490 e. The molecule has 1 aliphatic carbocycles. The molecule has 0 aromatic heterocycles. The van der Waals surface area contributed by atoms with Crippen LogP contribution in [0.15, 0.2) is 24.3 Å². The zero-order chi connectivity index (χ0) is 18.9. The van der Waals surface area contributed by atoms with Crippen LogP contribution in [0, 0.1) is 0 Å². The first-order valence-corrected chi connectivity index (χ1v) is 9.12. The zero-order valence-corrected chi connectivity index (χ0v) is 15.7. The van der Waals surface area contributed by atoms with Gasteiger partial charge in [-0.2, -0.15) is 0 Å². The molecule has 26 heavy (non-hydrogen) atoms. The summed E-state index contributed by atoms with van der Waals surface area (Å²) in [6, 6.07) is 5.67. The lowest BCUT2D eigenvalue weighted by atomic mass is 10.2. The molecule has 6 heteroatoms. The van der Waals surface area contributed by atoms with Crippen molar-refractivity contribution in [3.63, 3.8) is 0 Å². The summed E-state index contributed by atoms with van der Waals surface area (Å²) >= 11 is 0. The maximum atomic E-state index is 12.5. The molecule has 0 saturated heterocycles. The normalized spacial score (nSPS) is 13.5. The fraction of sp³-hybridized carbons (Fsp3) is 0.500. The van der Waals surface area contributed by atoms with Crippen molar-refractivity contribution < 1.29 is 23.8 Å². The number of ether oxygens (including phenoxy) is 3. The molecular weight excluding hydrogens is 334 g/mol. The number of carbonyl (C=O) groups excluding carboxylic acids is 2. The van der Waals surface area contributed by atoms with Crippen LogP contribution in [0.1, 0.15) is 39.2 Å². The van der Waals surface area contributed by atoms with E-state index >= 15 is 0 Å². The second kappa shape index (κ2) is 9.85. The Kier molecular flexibility index (Phi) is 7.51. The molecule has 1 saturated carbocycles. The van der Waals surface area contributed by atoms with Crippen LogP contribution < -0.4 is 9.47 Å². The molecule has 0 heterocycles. The predicted molar refractivity (Wildman–Crippen MR) is 99.2 cm³/mol. The van der Waals surface area contributed by atoms with Gasteiger partial charge < -0.3 is 19.1 Å². The molecule has 0 spiro atoms. The number of hydrogen-bond donors (Lipinski definition) is 0. The van der Waals surface area contributed by atoms with Crippen LogP contribution in [-0.2, 0) is 14.3 Å². The first-order valence-electron chi connectivity index (χ1n) is 9.12. The highest BCUT2D eigenvalue weighted by Crippen LogP contribution is 2.30. The summed E-state index contributed by atoms with van der Waals surface area (Å²) in [4.78, 5) is 25.8. The van der Waals surface area contributed by atoms with Crippen molar-refractivity contribution in [3.05, 3.63) is 29.8 Å². The molecule has 1 fully saturated rings. The maximum Gasteiger partial charge on any atom is 0.325 e. The molecule has 1 amide bonds. The van der Waals surface area contributed by atoms with Crippen molar-refractivity contribution in [3.8, 4) is 11.5 Å². The molecule has 6 nitrogen and oxygen atoms in total. The van der Waals surface area contributed by atoms with E-state index in [4.69, 9.17) is 14.2 Å². The van der Waals surface area contributed by atoms with Gasteiger partial charge in [0.15, 0.2) is 11.5 Å². The number of amides is 1. The quantitative estimate of drug-likeness (QED) is 0.473. The number of rotatable bonds is 10. The van der Waals surface area contributed by atoms with Crippen LogP contribution in [0.5, 0.6) is 11.5 Å². The third-order valence-electron chi connectivity index (χ3n) is 3.86. The number of esters is 1. The highest BCUT2D eigenvalue weighted by Gasteiger charge is 2.33. The van der Waals surface area contributed by atoms with E-state index in [0.717, 1.165) is 18.4 Å². The fourth-order valence-electron chi connectivity index (χ4n) is 2.55. The van der Waals surface area contributed by atoms with Crippen LogP contribution in [0.2, 0.25) is 0 Å². The Morgan fingerprint density at radius 1 is 1.08 bits per heavy atom. The second-order valence-corrected chi connectivity index (χ2v) is 5.91. The number of hydrogen-bond acceptors (Lipinski definition) is 5. The molecule has 0 aliphatic heterocycles. The van der Waals surface area contributed by atoms with Crippen LogP contribution >= 0.6 is 0 Å². The van der Waals surface area contributed by atoms with E-state index in [-0.39, 0.29) is 24.5 Å². The first kappa shape index (κ1) is 19.8. The van der Waals surface area contributed by atoms with Gasteiger partial charge in [0.2, 0.25) is 5.91 Å². The standard InChI is InChI=1S/C20H27NO5/c1-4-24-17-11-7-15(13-18(17)25-5-2)8-12-19(22)21(16-9-10-16)14-20(23)26-6-3/h7-8,11-13,16H,4-6,9-10,14H2,1-3H3/b12-8+. The Hall–Kier alpha value is -2.50. The van der Waals surface area contributed by atoms with Crippen molar-refractivity contribution in [1.82, 2.24) is 4.90 Å². The minimum absolute atomic E-state index is 0.00481. The largest absolute Gasteiger partial charge is 0.490 e. The molecule has 0 unspecified atom stereocenters. The Morgan fingerprint density at radius 2 is 1.77 bits per heavy atom. The van der Waals surface area contributed by atoms with Crippen molar-refractivity contribution in [2.45, 2.75) is 39.7 Å². The SMILES string of the molecule is CCOC(=O)CN(C(=O)/C=C/c1ccc(OCC)c(OCC)c1)C1CC1. The Labute approximate surface area is 154 Å². The van der Waals surface area contributed by atoms with Crippen LogP contribution in [0.25, 0.3) is 6.08 Å². The number of carbonyl (C=O) groups is 2. The molecule has 0 atom stereocenters. The molecule has 1 aromatic carbocycles. The van der Waals surface area contributed by atoms with E-state index in [2.05, 4.69) is 0 Å². The highest BCUT2D eigenvalue weighted by atomic mass is 16.5. The predicted octanol–water partition coefficient (Wildman–Crippen LogP) is 3.05. The van der Waals surface area contributed by atoms with E-state index in [1.807, 2.05) is 32.0 Å². The summed E-state index contributed by atoms with van der Waals surface area (Å²) in [7, 11) is 0. The Bertz CT molecular complexity index is 652. The van der Waals surface area contributed by atoms with E-state index in [1.54, 1.807) is 17.9 Å². The van der Waals surface area contributed by atoms with Gasteiger partial charge in [0.25, 0.3) is 0 Å². The molecule has 0 radical (unpaired) electrons. The fourth-order valence-corrected chi connectivity index (χ4v) is 2.55. The van der Waals surface area contributed by atoms with Gasteiger partial charge >= 0.3 is 5.97 Å². The Balaban J connectivity index is 2.07. The average Bonchev–Trinajstić information content (AvgIpc) is 3.45. The number of nitrogens with zero attached hydrogens (tertiary/aromatic N) is 1. The molecule has 0 bridgehead atoms. The third kappa shape index (κ3) is 5.79. The summed E-state index contributed by atoms with van der Waals surface area (Å²) in [5, 5.41) is 0. The summed E-state index contributed by atoms with van der Waals surface area (Å²) < 4.78 is 16.1. The van der Waals surface area contributed by atoms with Crippen molar-refractivity contribution in [2.24, 2.45) is 0 Å². The third-order valence-corrected chi connectivity index (χ3v) is 3.86. The smallest absolute Gasteiger partial charge is 0.325 e. The van der Waals surface area contributed by atoms with E-state index in [0.29, 0.717) is 31.3 Å². The van der Waals surface area contributed by atoms with Gasteiger partial charge in [-0.25, -0.2) is 0 Å². The summed E-state index contributed by atoms with van der Waals surface area (Å²) in [6.07, 6.45) is 5.07. The first-order chi connectivity index (χ1) is 12.6. The van der Waals surface area contributed by atoms with Gasteiger partial charge in [-0.1, -0.05) is 6.07 Å². The van der Waals surface area contributed by atoms with E-state index in [9.17, 15) is 9.59 Å². The molecule has 142 valence electrons. The van der Waals surface area contributed by atoms with Gasteiger partial charge in [-0.3, -0.25) is 9.59 Å². The minimum atomic E-state index is -0.374. The summed E-state index contributed by atoms with van der Waals surface area (Å²) in [5.74, 6) is 0.766. The average molecular weight is 361 g/mol. The Morgan fingerprint density at radius 3 is 2.38 bits per heavy atom. The second-order valence-electron chi connectivity index (χ2n) is 5.91. The maximum absolute atomic E-state index is 12.5. The molecule has 0 N–H and O–H groups in total. The molecular formula is C20H27NO5. The van der Waals surface area contributed by atoms with Gasteiger partial charge in [0, 0.05) is 12.1 Å². The zero-order valence-electron chi connectivity index (χ0n) is 15.7. The van der Waals surface area contributed by atoms with Crippen LogP contribution in [-0.4, -0.2) is 49.2 Å². The van der Waals surface area contributed by atoms with Gasteiger partial charge in [-0.15, -0.1) is 0 Å². The lowest BCUT2D eigenvalue weighted by Crippen LogP contribution is -2.37. The van der Waals surface area contributed by atoms with Crippen LogP contribution in [0.3, 0.4) is 0 Å². The summed E-state index contributed by atoms with van der Waals surface area (Å²) in [6.45, 7) is 6.97. The van der Waals surface area contributed by atoms with Crippen LogP contribution in [0.4, 0.5) is 0 Å². The molecule has 1 aromatic rings. The van der Waals surface area contributed by atoms with Crippen molar-refractivity contribution in [1.29, 1.82) is 0 Å². The van der Waals surface area contributed by atoms with Crippen molar-refractivity contribution in [2.75, 3.05) is 26.4 Å². The summed E-state index contributed by atoms with van der Waals surface area (Å²) in [5.41, 5.74) is 0.831. The highest BCUT2D eigenvalue weighted by molar-refractivity contribution is 5.94. The topological polar surface area (TPSA) is 65.1 Å². The lowest BCUT2D eigenvalue weighted by Gasteiger charge is -2.19. The number of benzene rings is 1. The van der Waals surface area contributed by atoms with E-state index < -0.39 is 0 Å².